The van der Waals surface area contributed by atoms with E-state index in [1.165, 1.54) is 12.1 Å². The van der Waals surface area contributed by atoms with Crippen molar-refractivity contribution >= 4 is 37.7 Å². The summed E-state index contributed by atoms with van der Waals surface area (Å²) in [6.07, 6.45) is 0.943. The SMILES string of the molecule is O=C(Nc1ccc(Br)cc1S(=O)(=O)NC1CC1)OCc1ccccc1. The average Bonchev–Trinajstić information content (AvgIpc) is 3.39. The zero-order valence-electron chi connectivity index (χ0n) is 13.2. The Hall–Kier alpha value is -1.90. The Labute approximate surface area is 154 Å². The number of carbonyl (C=O) groups is 1. The Bertz CT molecular complexity index is 867. The van der Waals surface area contributed by atoms with E-state index in [1.54, 1.807) is 6.07 Å². The highest BCUT2D eigenvalue weighted by Gasteiger charge is 2.30. The maximum absolute atomic E-state index is 12.5. The van der Waals surface area contributed by atoms with Gasteiger partial charge in [0, 0.05) is 10.5 Å². The molecule has 3 rings (SSSR count). The predicted octanol–water partition coefficient (Wildman–Crippen LogP) is 3.64. The van der Waals surface area contributed by atoms with Crippen LogP contribution in [0.15, 0.2) is 57.9 Å². The highest BCUT2D eigenvalue weighted by Crippen LogP contribution is 2.28. The summed E-state index contributed by atoms with van der Waals surface area (Å²) in [6, 6.07) is 13.8. The molecular formula is C17H17BrN2O4S. The molecule has 8 heteroatoms. The van der Waals surface area contributed by atoms with Gasteiger partial charge in [-0.25, -0.2) is 17.9 Å². The molecule has 1 aliphatic rings. The summed E-state index contributed by atoms with van der Waals surface area (Å²) in [5.74, 6) is 0. The lowest BCUT2D eigenvalue weighted by atomic mass is 10.2. The number of amides is 1. The van der Waals surface area contributed by atoms with Crippen molar-refractivity contribution in [1.82, 2.24) is 4.72 Å². The molecule has 1 aliphatic carbocycles. The molecule has 25 heavy (non-hydrogen) atoms. The van der Waals surface area contributed by atoms with Gasteiger partial charge in [0.2, 0.25) is 10.0 Å². The van der Waals surface area contributed by atoms with Crippen molar-refractivity contribution in [3.63, 3.8) is 0 Å². The molecule has 1 amide bonds. The van der Waals surface area contributed by atoms with E-state index < -0.39 is 16.1 Å². The van der Waals surface area contributed by atoms with Gasteiger partial charge in [-0.2, -0.15) is 0 Å². The number of rotatable bonds is 6. The highest BCUT2D eigenvalue weighted by molar-refractivity contribution is 9.10. The van der Waals surface area contributed by atoms with Crippen LogP contribution in [0.3, 0.4) is 0 Å². The number of ether oxygens (including phenoxy) is 1. The smallest absolute Gasteiger partial charge is 0.411 e. The number of sulfonamides is 1. The number of anilines is 1. The second kappa shape index (κ2) is 7.55. The number of halogens is 1. The van der Waals surface area contributed by atoms with Gasteiger partial charge in [-0.15, -0.1) is 0 Å². The van der Waals surface area contributed by atoms with Crippen LogP contribution >= 0.6 is 15.9 Å². The molecule has 1 fully saturated rings. The topological polar surface area (TPSA) is 84.5 Å². The van der Waals surface area contributed by atoms with Crippen LogP contribution < -0.4 is 10.0 Å². The van der Waals surface area contributed by atoms with E-state index in [2.05, 4.69) is 26.0 Å². The van der Waals surface area contributed by atoms with Crippen molar-refractivity contribution in [3.8, 4) is 0 Å². The number of hydrogen-bond donors (Lipinski definition) is 2. The Morgan fingerprint density at radius 1 is 1.16 bits per heavy atom. The van der Waals surface area contributed by atoms with Crippen molar-refractivity contribution in [2.75, 3.05) is 5.32 Å². The first-order valence-electron chi connectivity index (χ1n) is 7.73. The lowest BCUT2D eigenvalue weighted by Crippen LogP contribution is -2.27. The average molecular weight is 425 g/mol. The molecule has 0 unspecified atom stereocenters. The summed E-state index contributed by atoms with van der Waals surface area (Å²) < 4.78 is 33.3. The van der Waals surface area contributed by atoms with Crippen LogP contribution in [0.2, 0.25) is 0 Å². The van der Waals surface area contributed by atoms with E-state index in [1.807, 2.05) is 30.3 Å². The summed E-state index contributed by atoms with van der Waals surface area (Å²) in [5, 5.41) is 2.51. The Morgan fingerprint density at radius 2 is 1.88 bits per heavy atom. The fourth-order valence-electron chi connectivity index (χ4n) is 2.18. The summed E-state index contributed by atoms with van der Waals surface area (Å²) in [5.41, 5.74) is 1.02. The van der Waals surface area contributed by atoms with Crippen LogP contribution in [-0.4, -0.2) is 20.6 Å². The summed E-state index contributed by atoms with van der Waals surface area (Å²) in [4.78, 5) is 12.0. The highest BCUT2D eigenvalue weighted by atomic mass is 79.9. The lowest BCUT2D eigenvalue weighted by molar-refractivity contribution is 0.155. The van der Waals surface area contributed by atoms with Crippen molar-refractivity contribution in [2.24, 2.45) is 0 Å². The standard InChI is InChI=1S/C17H17BrN2O4S/c18-13-6-9-15(16(10-13)25(22,23)20-14-7-8-14)19-17(21)24-11-12-4-2-1-3-5-12/h1-6,9-10,14,20H,7-8,11H2,(H,19,21). The van der Waals surface area contributed by atoms with Crippen molar-refractivity contribution in [1.29, 1.82) is 0 Å². The van der Waals surface area contributed by atoms with Gasteiger partial charge in [0.1, 0.15) is 11.5 Å². The molecule has 2 N–H and O–H groups in total. The van der Waals surface area contributed by atoms with Crippen molar-refractivity contribution in [2.45, 2.75) is 30.4 Å². The third kappa shape index (κ3) is 5.04. The molecule has 0 aliphatic heterocycles. The predicted molar refractivity (Wildman–Crippen MR) is 97.7 cm³/mol. The molecule has 6 nitrogen and oxygen atoms in total. The first-order chi connectivity index (χ1) is 11.9. The van der Waals surface area contributed by atoms with E-state index in [-0.39, 0.29) is 23.2 Å². The molecule has 2 aromatic rings. The van der Waals surface area contributed by atoms with Crippen LogP contribution in [0.25, 0.3) is 0 Å². The summed E-state index contributed by atoms with van der Waals surface area (Å²) in [7, 11) is -3.71. The number of benzene rings is 2. The Balaban J connectivity index is 1.72. The van der Waals surface area contributed by atoms with E-state index in [0.29, 0.717) is 4.47 Å². The first kappa shape index (κ1) is 17.9. The minimum Gasteiger partial charge on any atom is -0.444 e. The van der Waals surface area contributed by atoms with Gasteiger partial charge in [0.05, 0.1) is 5.69 Å². The van der Waals surface area contributed by atoms with E-state index >= 15 is 0 Å². The maximum atomic E-state index is 12.5. The molecule has 0 radical (unpaired) electrons. The maximum Gasteiger partial charge on any atom is 0.411 e. The fraction of sp³-hybridized carbons (Fsp3) is 0.235. The molecule has 1 saturated carbocycles. The van der Waals surface area contributed by atoms with Crippen LogP contribution in [0, 0.1) is 0 Å². The second-order valence-electron chi connectivity index (χ2n) is 5.72. The number of carbonyl (C=O) groups excluding carboxylic acids is 1. The molecule has 132 valence electrons. The zero-order valence-corrected chi connectivity index (χ0v) is 15.6. The molecule has 0 spiro atoms. The summed E-state index contributed by atoms with van der Waals surface area (Å²) >= 11 is 3.26. The lowest BCUT2D eigenvalue weighted by Gasteiger charge is -2.13. The quantitative estimate of drug-likeness (QED) is 0.740. The van der Waals surface area contributed by atoms with Gasteiger partial charge in [-0.05, 0) is 36.6 Å². The van der Waals surface area contributed by atoms with Crippen LogP contribution in [-0.2, 0) is 21.4 Å². The molecule has 0 bridgehead atoms. The van der Waals surface area contributed by atoms with Gasteiger partial charge in [0.25, 0.3) is 0 Å². The van der Waals surface area contributed by atoms with Gasteiger partial charge >= 0.3 is 6.09 Å². The minimum atomic E-state index is -3.71. The zero-order chi connectivity index (χ0) is 17.9. The monoisotopic (exact) mass is 424 g/mol. The van der Waals surface area contributed by atoms with E-state index in [9.17, 15) is 13.2 Å². The largest absolute Gasteiger partial charge is 0.444 e. The molecule has 0 saturated heterocycles. The normalized spacial score (nSPS) is 14.1. The fourth-order valence-corrected chi connectivity index (χ4v) is 4.18. The number of hydrogen-bond acceptors (Lipinski definition) is 4. The first-order valence-corrected chi connectivity index (χ1v) is 10.0. The molecule has 0 atom stereocenters. The van der Waals surface area contributed by atoms with Gasteiger partial charge in [0.15, 0.2) is 0 Å². The number of nitrogens with one attached hydrogen (secondary N) is 2. The van der Waals surface area contributed by atoms with Gasteiger partial charge < -0.3 is 4.74 Å². The summed E-state index contributed by atoms with van der Waals surface area (Å²) in [6.45, 7) is 0.103. The van der Waals surface area contributed by atoms with Gasteiger partial charge in [-0.1, -0.05) is 46.3 Å². The molecule has 0 heterocycles. The molecule has 2 aromatic carbocycles. The third-order valence-electron chi connectivity index (χ3n) is 3.58. The molecular weight excluding hydrogens is 408 g/mol. The van der Waals surface area contributed by atoms with Crippen molar-refractivity contribution < 1.29 is 17.9 Å². The van der Waals surface area contributed by atoms with Crippen LogP contribution in [0.1, 0.15) is 18.4 Å². The Kier molecular flexibility index (Phi) is 5.41. The third-order valence-corrected chi connectivity index (χ3v) is 5.64. The minimum absolute atomic E-state index is 0.00503. The molecule has 0 aromatic heterocycles. The van der Waals surface area contributed by atoms with Crippen LogP contribution in [0.5, 0.6) is 0 Å². The Morgan fingerprint density at radius 3 is 2.56 bits per heavy atom. The second-order valence-corrected chi connectivity index (χ2v) is 8.32. The van der Waals surface area contributed by atoms with E-state index in [0.717, 1.165) is 18.4 Å². The van der Waals surface area contributed by atoms with E-state index in [4.69, 9.17) is 4.74 Å². The van der Waals surface area contributed by atoms with Crippen molar-refractivity contribution in [3.05, 3.63) is 58.6 Å². The van der Waals surface area contributed by atoms with Gasteiger partial charge in [-0.3, -0.25) is 5.32 Å². The van der Waals surface area contributed by atoms with Crippen LogP contribution in [0.4, 0.5) is 10.5 Å².